The van der Waals surface area contributed by atoms with Gasteiger partial charge < -0.3 is 5.73 Å². The van der Waals surface area contributed by atoms with E-state index in [0.717, 1.165) is 18.4 Å². The van der Waals surface area contributed by atoms with Crippen molar-refractivity contribution in [1.82, 2.24) is 0 Å². The largest absolute Gasteiger partial charge is 0.330 e. The number of halogens is 2. The van der Waals surface area contributed by atoms with Crippen LogP contribution in [0, 0.1) is 23.7 Å². The molecule has 1 nitrogen and oxygen atoms in total. The van der Waals surface area contributed by atoms with Crippen molar-refractivity contribution in [2.75, 3.05) is 6.54 Å². The van der Waals surface area contributed by atoms with Crippen molar-refractivity contribution < 1.29 is 0 Å². The van der Waals surface area contributed by atoms with Crippen LogP contribution < -0.4 is 5.73 Å². The average Bonchev–Trinajstić information content (AvgIpc) is 2.28. The van der Waals surface area contributed by atoms with E-state index in [-0.39, 0.29) is 0 Å². The molecule has 0 aliphatic heterocycles. The maximum atomic E-state index is 5.83. The molecular formula is C14H27I2N. The van der Waals surface area contributed by atoms with Gasteiger partial charge >= 0.3 is 0 Å². The Morgan fingerprint density at radius 2 is 1.71 bits per heavy atom. The van der Waals surface area contributed by atoms with Gasteiger partial charge in [0.05, 0.1) is 0 Å². The van der Waals surface area contributed by atoms with Crippen LogP contribution in [0.25, 0.3) is 0 Å². The second-order valence-electron chi connectivity index (χ2n) is 5.42. The van der Waals surface area contributed by atoms with E-state index in [2.05, 4.69) is 83.0 Å². The van der Waals surface area contributed by atoms with Crippen molar-refractivity contribution in [1.29, 1.82) is 0 Å². The lowest BCUT2D eigenvalue weighted by atomic mass is 9.83. The fourth-order valence-electron chi connectivity index (χ4n) is 2.02. The highest BCUT2D eigenvalue weighted by Crippen LogP contribution is 2.29. The Morgan fingerprint density at radius 3 is 2.12 bits per heavy atom. The smallest absolute Gasteiger partial charge is 0.0324 e. The zero-order valence-corrected chi connectivity index (χ0v) is 15.8. The molecule has 2 N–H and O–H groups in total. The van der Waals surface area contributed by atoms with Gasteiger partial charge in [0.25, 0.3) is 0 Å². The fourth-order valence-corrected chi connectivity index (χ4v) is 4.18. The van der Waals surface area contributed by atoms with Gasteiger partial charge in [-0.3, -0.25) is 0 Å². The molecule has 3 heteroatoms. The lowest BCUT2D eigenvalue weighted by molar-refractivity contribution is 0.297. The number of rotatable bonds is 8. The maximum Gasteiger partial charge on any atom is 0.0324 e. The average molecular weight is 463 g/mol. The van der Waals surface area contributed by atoms with Gasteiger partial charge in [-0.2, -0.15) is 0 Å². The molecule has 102 valence electrons. The minimum Gasteiger partial charge on any atom is -0.330 e. The summed E-state index contributed by atoms with van der Waals surface area (Å²) < 4.78 is 2.78. The van der Waals surface area contributed by atoms with Crippen LogP contribution in [-0.2, 0) is 0 Å². The lowest BCUT2D eigenvalue weighted by Crippen LogP contribution is -2.23. The number of hydrogen-bond donors (Lipinski definition) is 1. The number of alkyl halides is 1. The number of nitrogens with two attached hydrogens (primary N) is 1. The molecule has 0 bridgehead atoms. The lowest BCUT2D eigenvalue weighted by Gasteiger charge is -2.26. The van der Waals surface area contributed by atoms with Crippen molar-refractivity contribution in [3.05, 3.63) is 10.2 Å². The molecule has 0 aliphatic rings. The molecule has 17 heavy (non-hydrogen) atoms. The third kappa shape index (κ3) is 7.35. The minimum absolute atomic E-state index is 0.648. The van der Waals surface area contributed by atoms with Crippen LogP contribution >= 0.6 is 45.2 Å². The van der Waals surface area contributed by atoms with Crippen molar-refractivity contribution in [2.24, 2.45) is 29.4 Å². The number of allylic oxidation sites excluding steroid dienone is 1. The molecule has 0 saturated heterocycles. The molecule has 0 aromatic carbocycles. The Balaban J connectivity index is 4.11. The summed E-state index contributed by atoms with van der Waals surface area (Å²) >= 11 is 4.85. The van der Waals surface area contributed by atoms with E-state index in [1.54, 1.807) is 0 Å². The Kier molecular flexibility index (Phi) is 10.7. The Morgan fingerprint density at radius 1 is 1.12 bits per heavy atom. The Bertz CT molecular complexity index is 216. The summed E-state index contributed by atoms with van der Waals surface area (Å²) in [5, 5.41) is 0. The van der Waals surface area contributed by atoms with Crippen LogP contribution in [0.15, 0.2) is 10.2 Å². The summed E-state index contributed by atoms with van der Waals surface area (Å²) in [6, 6.07) is 0. The van der Waals surface area contributed by atoms with Gasteiger partial charge in [0.2, 0.25) is 0 Å². The highest BCUT2D eigenvalue weighted by atomic mass is 127. The molecule has 0 radical (unpaired) electrons. The molecule has 0 spiro atoms. The molecule has 0 aromatic rings. The van der Waals surface area contributed by atoms with E-state index < -0.39 is 0 Å². The third-order valence-electron chi connectivity index (χ3n) is 3.89. The number of hydrogen-bond acceptors (Lipinski definition) is 1. The predicted octanol–water partition coefficient (Wildman–Crippen LogP) is 5.02. The van der Waals surface area contributed by atoms with Crippen LogP contribution in [0.4, 0.5) is 0 Å². The normalized spacial score (nSPS) is 19.5. The first kappa shape index (κ1) is 18.2. The van der Waals surface area contributed by atoms with Gasteiger partial charge in [0.1, 0.15) is 0 Å². The molecule has 0 rings (SSSR count). The third-order valence-corrected chi connectivity index (χ3v) is 5.86. The van der Waals surface area contributed by atoms with Gasteiger partial charge in [0, 0.05) is 3.92 Å². The Labute approximate surface area is 135 Å². The monoisotopic (exact) mass is 463 g/mol. The van der Waals surface area contributed by atoms with Crippen LogP contribution in [-0.4, -0.2) is 10.5 Å². The van der Waals surface area contributed by atoms with E-state index in [9.17, 15) is 0 Å². The van der Waals surface area contributed by atoms with Crippen molar-refractivity contribution >= 4 is 45.2 Å². The fraction of sp³-hybridized carbons (Fsp3) is 0.857. The zero-order chi connectivity index (χ0) is 13.4. The summed E-state index contributed by atoms with van der Waals surface area (Å²) in [4.78, 5) is 0. The summed E-state index contributed by atoms with van der Waals surface area (Å²) in [6.45, 7) is 10.1. The molecule has 0 fully saturated rings. The highest BCUT2D eigenvalue weighted by molar-refractivity contribution is 14.1. The molecule has 4 atom stereocenters. The van der Waals surface area contributed by atoms with Crippen LogP contribution in [0.3, 0.4) is 0 Å². The molecule has 0 saturated carbocycles. The molecule has 0 amide bonds. The Hall–Kier alpha value is 1.16. The second-order valence-corrected chi connectivity index (χ2v) is 7.57. The highest BCUT2D eigenvalue weighted by Gasteiger charge is 2.20. The topological polar surface area (TPSA) is 26.0 Å². The molecule has 0 heterocycles. The first-order valence-electron chi connectivity index (χ1n) is 6.55. The SMILES string of the molecule is CC(C)C(CN)CCC(C)C(C)C(I)/C=C\I. The summed E-state index contributed by atoms with van der Waals surface area (Å²) in [5.41, 5.74) is 5.83. The van der Waals surface area contributed by atoms with E-state index >= 15 is 0 Å². The first-order chi connectivity index (χ1) is 7.93. The van der Waals surface area contributed by atoms with Gasteiger partial charge in [-0.1, -0.05) is 85.4 Å². The first-order valence-corrected chi connectivity index (χ1v) is 9.04. The maximum absolute atomic E-state index is 5.83. The van der Waals surface area contributed by atoms with Gasteiger partial charge in [-0.15, -0.1) is 0 Å². The van der Waals surface area contributed by atoms with E-state index in [1.165, 1.54) is 12.8 Å². The quantitative estimate of drug-likeness (QED) is 0.397. The predicted molar refractivity (Wildman–Crippen MR) is 95.9 cm³/mol. The van der Waals surface area contributed by atoms with Gasteiger partial charge in [0.15, 0.2) is 0 Å². The van der Waals surface area contributed by atoms with Crippen LogP contribution in [0.2, 0.25) is 0 Å². The minimum atomic E-state index is 0.648. The van der Waals surface area contributed by atoms with Gasteiger partial charge in [-0.05, 0) is 40.7 Å². The summed E-state index contributed by atoms with van der Waals surface area (Å²) in [5.74, 6) is 2.93. The van der Waals surface area contributed by atoms with E-state index in [1.807, 2.05) is 0 Å². The molecule has 4 unspecified atom stereocenters. The van der Waals surface area contributed by atoms with E-state index in [0.29, 0.717) is 15.8 Å². The second kappa shape index (κ2) is 10.0. The molecule has 0 aromatic heterocycles. The van der Waals surface area contributed by atoms with Crippen molar-refractivity contribution in [2.45, 2.75) is 44.5 Å². The van der Waals surface area contributed by atoms with Crippen molar-refractivity contribution in [3.8, 4) is 0 Å². The summed E-state index contributed by atoms with van der Waals surface area (Å²) in [7, 11) is 0. The van der Waals surface area contributed by atoms with Gasteiger partial charge in [-0.25, -0.2) is 0 Å². The standard InChI is InChI=1S/C14H27I2N/c1-10(2)13(9-17)6-5-11(3)12(4)14(16)7-8-15/h7-8,10-14H,5-6,9,17H2,1-4H3/b8-7-. The molecular weight excluding hydrogens is 436 g/mol. The van der Waals surface area contributed by atoms with Crippen molar-refractivity contribution in [3.63, 3.8) is 0 Å². The van der Waals surface area contributed by atoms with Crippen LogP contribution in [0.1, 0.15) is 40.5 Å². The zero-order valence-electron chi connectivity index (χ0n) is 11.5. The summed E-state index contributed by atoms with van der Waals surface area (Å²) in [6.07, 6.45) is 4.87. The molecule has 0 aliphatic carbocycles. The van der Waals surface area contributed by atoms with E-state index in [4.69, 9.17) is 5.73 Å². The van der Waals surface area contributed by atoms with Crippen LogP contribution in [0.5, 0.6) is 0 Å².